The van der Waals surface area contributed by atoms with Crippen LogP contribution >= 0.6 is 0 Å². The highest BCUT2D eigenvalue weighted by molar-refractivity contribution is 4.91. The second kappa shape index (κ2) is 5.14. The maximum atomic E-state index is 12.2. The first-order chi connectivity index (χ1) is 7.96. The third-order valence-corrected chi connectivity index (χ3v) is 4.07. The van der Waals surface area contributed by atoms with E-state index in [-0.39, 0.29) is 0 Å². The van der Waals surface area contributed by atoms with Crippen LogP contribution in [-0.4, -0.2) is 54.7 Å². The molecule has 2 rings (SSSR count). The van der Waals surface area contributed by atoms with Gasteiger partial charge in [-0.1, -0.05) is 19.3 Å². The monoisotopic (exact) mass is 250 g/mol. The summed E-state index contributed by atoms with van der Waals surface area (Å²) < 4.78 is 36.5. The highest BCUT2D eigenvalue weighted by atomic mass is 19.4. The molecule has 0 aromatic heterocycles. The van der Waals surface area contributed by atoms with E-state index in [9.17, 15) is 13.2 Å². The van der Waals surface area contributed by atoms with Gasteiger partial charge < -0.3 is 0 Å². The molecule has 2 nitrogen and oxygen atoms in total. The van der Waals surface area contributed by atoms with Gasteiger partial charge in [-0.15, -0.1) is 0 Å². The fourth-order valence-electron chi connectivity index (χ4n) is 2.97. The summed E-state index contributed by atoms with van der Waals surface area (Å²) in [7, 11) is 2.07. The van der Waals surface area contributed by atoms with E-state index in [0.717, 1.165) is 0 Å². The second-order valence-corrected chi connectivity index (χ2v) is 5.42. The standard InChI is InChI=1S/C12H21F3N2/c1-16(10-5-3-2-4-6-10)11-7-17(8-11)9-12(13,14)15/h10-11H,2-9H2,1H3. The van der Waals surface area contributed by atoms with Crippen molar-refractivity contribution in [3.8, 4) is 0 Å². The number of hydrogen-bond donors (Lipinski definition) is 0. The molecule has 0 radical (unpaired) electrons. The van der Waals surface area contributed by atoms with Crippen molar-refractivity contribution in [2.24, 2.45) is 0 Å². The van der Waals surface area contributed by atoms with Gasteiger partial charge in [0.1, 0.15) is 0 Å². The predicted octanol–water partition coefficient (Wildman–Crippen LogP) is 2.50. The lowest BCUT2D eigenvalue weighted by Gasteiger charge is -2.47. The molecule has 2 fully saturated rings. The minimum Gasteiger partial charge on any atom is -0.298 e. The lowest BCUT2D eigenvalue weighted by molar-refractivity contribution is -0.161. The molecule has 1 saturated heterocycles. The van der Waals surface area contributed by atoms with Gasteiger partial charge in [-0.05, 0) is 19.9 Å². The van der Waals surface area contributed by atoms with Crippen LogP contribution in [0.15, 0.2) is 0 Å². The van der Waals surface area contributed by atoms with Crippen LogP contribution in [0.25, 0.3) is 0 Å². The van der Waals surface area contributed by atoms with E-state index in [1.165, 1.54) is 37.0 Å². The number of rotatable bonds is 3. The number of nitrogens with zero attached hydrogens (tertiary/aromatic N) is 2. The van der Waals surface area contributed by atoms with Crippen LogP contribution in [-0.2, 0) is 0 Å². The van der Waals surface area contributed by atoms with Gasteiger partial charge in [-0.25, -0.2) is 0 Å². The first kappa shape index (κ1) is 13.1. The van der Waals surface area contributed by atoms with Crippen LogP contribution in [0.2, 0.25) is 0 Å². The normalized spacial score (nSPS) is 25.2. The molecule has 0 aromatic carbocycles. The van der Waals surface area contributed by atoms with Crippen LogP contribution in [0.5, 0.6) is 0 Å². The van der Waals surface area contributed by atoms with Crippen molar-refractivity contribution >= 4 is 0 Å². The summed E-state index contributed by atoms with van der Waals surface area (Å²) in [6.07, 6.45) is 2.24. The van der Waals surface area contributed by atoms with E-state index >= 15 is 0 Å². The zero-order valence-corrected chi connectivity index (χ0v) is 10.3. The molecule has 100 valence electrons. The SMILES string of the molecule is CN(C1CCCCC1)C1CN(CC(F)(F)F)C1. The van der Waals surface area contributed by atoms with Gasteiger partial charge in [0, 0.05) is 25.2 Å². The molecule has 5 heteroatoms. The van der Waals surface area contributed by atoms with Gasteiger partial charge in [-0.2, -0.15) is 13.2 Å². The molecule has 0 aromatic rings. The topological polar surface area (TPSA) is 6.48 Å². The Hall–Kier alpha value is -0.290. The molecule has 0 N–H and O–H groups in total. The Morgan fingerprint density at radius 3 is 2.18 bits per heavy atom. The van der Waals surface area contributed by atoms with Gasteiger partial charge >= 0.3 is 6.18 Å². The molecular formula is C12H21F3N2. The number of likely N-dealkylation sites (N-methyl/N-ethyl adjacent to an activating group) is 1. The van der Waals surface area contributed by atoms with Crippen molar-refractivity contribution in [2.75, 3.05) is 26.7 Å². The smallest absolute Gasteiger partial charge is 0.298 e. The van der Waals surface area contributed by atoms with E-state index in [2.05, 4.69) is 11.9 Å². The van der Waals surface area contributed by atoms with E-state index in [0.29, 0.717) is 25.2 Å². The Kier molecular flexibility index (Phi) is 3.98. The van der Waals surface area contributed by atoms with Crippen molar-refractivity contribution < 1.29 is 13.2 Å². The average Bonchev–Trinajstić information content (AvgIpc) is 2.22. The van der Waals surface area contributed by atoms with Crippen LogP contribution in [0.1, 0.15) is 32.1 Å². The molecule has 17 heavy (non-hydrogen) atoms. The maximum absolute atomic E-state index is 12.2. The predicted molar refractivity (Wildman–Crippen MR) is 60.9 cm³/mol. The third-order valence-electron chi connectivity index (χ3n) is 4.07. The first-order valence-electron chi connectivity index (χ1n) is 6.47. The molecular weight excluding hydrogens is 229 g/mol. The molecule has 1 aliphatic heterocycles. The van der Waals surface area contributed by atoms with Crippen molar-refractivity contribution in [2.45, 2.75) is 50.4 Å². The molecule has 0 atom stereocenters. The third kappa shape index (κ3) is 3.58. The Morgan fingerprint density at radius 2 is 1.65 bits per heavy atom. The Bertz CT molecular complexity index is 243. The molecule has 2 aliphatic rings. The van der Waals surface area contributed by atoms with Crippen LogP contribution < -0.4 is 0 Å². The summed E-state index contributed by atoms with van der Waals surface area (Å²) >= 11 is 0. The zero-order valence-electron chi connectivity index (χ0n) is 10.3. The summed E-state index contributed by atoms with van der Waals surface area (Å²) in [5.41, 5.74) is 0. The Morgan fingerprint density at radius 1 is 1.06 bits per heavy atom. The van der Waals surface area contributed by atoms with Crippen LogP contribution in [0, 0.1) is 0 Å². The van der Waals surface area contributed by atoms with E-state index in [1.54, 1.807) is 0 Å². The Balaban J connectivity index is 1.71. The van der Waals surface area contributed by atoms with Gasteiger partial charge in [0.2, 0.25) is 0 Å². The first-order valence-corrected chi connectivity index (χ1v) is 6.47. The molecule has 0 bridgehead atoms. The van der Waals surface area contributed by atoms with Crippen LogP contribution in [0.3, 0.4) is 0 Å². The van der Waals surface area contributed by atoms with E-state index < -0.39 is 12.7 Å². The van der Waals surface area contributed by atoms with E-state index in [1.807, 2.05) is 0 Å². The summed E-state index contributed by atoms with van der Waals surface area (Å²) in [5, 5.41) is 0. The van der Waals surface area contributed by atoms with Crippen molar-refractivity contribution in [3.05, 3.63) is 0 Å². The lowest BCUT2D eigenvalue weighted by atomic mass is 9.92. The largest absolute Gasteiger partial charge is 0.401 e. The molecule has 0 spiro atoms. The quantitative estimate of drug-likeness (QED) is 0.759. The van der Waals surface area contributed by atoms with Crippen molar-refractivity contribution in [1.82, 2.24) is 9.80 Å². The lowest BCUT2D eigenvalue weighted by Crippen LogP contribution is -2.62. The van der Waals surface area contributed by atoms with E-state index in [4.69, 9.17) is 0 Å². The number of hydrogen-bond acceptors (Lipinski definition) is 2. The average molecular weight is 250 g/mol. The highest BCUT2D eigenvalue weighted by Gasteiger charge is 2.39. The van der Waals surface area contributed by atoms with Crippen molar-refractivity contribution in [3.63, 3.8) is 0 Å². The molecule has 1 saturated carbocycles. The van der Waals surface area contributed by atoms with Gasteiger partial charge in [0.15, 0.2) is 0 Å². The highest BCUT2D eigenvalue weighted by Crippen LogP contribution is 2.27. The zero-order chi connectivity index (χ0) is 12.5. The second-order valence-electron chi connectivity index (χ2n) is 5.42. The van der Waals surface area contributed by atoms with Crippen molar-refractivity contribution in [1.29, 1.82) is 0 Å². The molecule has 1 aliphatic carbocycles. The minimum absolute atomic E-state index is 0.334. The summed E-state index contributed by atoms with van der Waals surface area (Å²) in [4.78, 5) is 3.80. The summed E-state index contributed by atoms with van der Waals surface area (Å²) in [6.45, 7) is 0.404. The fraction of sp³-hybridized carbons (Fsp3) is 1.00. The Labute approximate surface area is 101 Å². The molecule has 1 heterocycles. The van der Waals surface area contributed by atoms with Gasteiger partial charge in [0.05, 0.1) is 6.54 Å². The fourth-order valence-corrected chi connectivity index (χ4v) is 2.97. The van der Waals surface area contributed by atoms with Crippen LogP contribution in [0.4, 0.5) is 13.2 Å². The number of likely N-dealkylation sites (tertiary alicyclic amines) is 1. The number of alkyl halides is 3. The summed E-state index contributed by atoms with van der Waals surface area (Å²) in [6, 6.07) is 0.933. The summed E-state index contributed by atoms with van der Waals surface area (Å²) in [5.74, 6) is 0. The minimum atomic E-state index is -4.05. The van der Waals surface area contributed by atoms with Gasteiger partial charge in [-0.3, -0.25) is 9.80 Å². The number of halogens is 3. The molecule has 0 unspecified atom stereocenters. The molecule has 0 amide bonds. The van der Waals surface area contributed by atoms with Gasteiger partial charge in [0.25, 0.3) is 0 Å². The maximum Gasteiger partial charge on any atom is 0.401 e.